The van der Waals surface area contributed by atoms with Crippen molar-refractivity contribution in [3.05, 3.63) is 89.5 Å². The minimum Gasteiger partial charge on any atom is -0.454 e. The fourth-order valence-corrected chi connectivity index (χ4v) is 3.62. The van der Waals surface area contributed by atoms with Gasteiger partial charge in [-0.2, -0.15) is 0 Å². The van der Waals surface area contributed by atoms with Crippen molar-refractivity contribution in [1.82, 2.24) is 4.90 Å². The molecule has 1 atom stereocenters. The minimum absolute atomic E-state index is 0.0247. The molecule has 5 heteroatoms. The summed E-state index contributed by atoms with van der Waals surface area (Å²) in [4.78, 5) is 14.9. The number of carbonyl (C=O) groups is 1. The van der Waals surface area contributed by atoms with E-state index in [0.717, 1.165) is 33.9 Å². The number of nitrogens with zero attached hydrogens (tertiary/aromatic N) is 1. The lowest BCUT2D eigenvalue weighted by atomic mass is 10.1. The SMILES string of the molecule is O=C1c2ccccc2[C@H](Nc2ccccc2)N1Cc1ccc2c(c1)OCO2. The first-order valence-electron chi connectivity index (χ1n) is 8.89. The Kier molecular flexibility index (Phi) is 3.71. The molecule has 5 rings (SSSR count). The number of anilines is 1. The first-order valence-corrected chi connectivity index (χ1v) is 8.89. The molecule has 0 fully saturated rings. The van der Waals surface area contributed by atoms with Gasteiger partial charge >= 0.3 is 0 Å². The Balaban J connectivity index is 1.48. The normalized spacial score (nSPS) is 17.1. The fourth-order valence-electron chi connectivity index (χ4n) is 3.62. The van der Waals surface area contributed by atoms with E-state index in [1.807, 2.05) is 77.7 Å². The topological polar surface area (TPSA) is 50.8 Å². The number of para-hydroxylation sites is 1. The molecule has 2 aliphatic rings. The average Bonchev–Trinajstić information content (AvgIpc) is 3.27. The van der Waals surface area contributed by atoms with Gasteiger partial charge in [0.15, 0.2) is 11.5 Å². The zero-order valence-corrected chi connectivity index (χ0v) is 14.6. The van der Waals surface area contributed by atoms with E-state index >= 15 is 0 Å². The Hall–Kier alpha value is -3.47. The fraction of sp³-hybridized carbons (Fsp3) is 0.136. The predicted molar refractivity (Wildman–Crippen MR) is 102 cm³/mol. The highest BCUT2D eigenvalue weighted by atomic mass is 16.7. The third kappa shape index (κ3) is 2.77. The lowest BCUT2D eigenvalue weighted by Gasteiger charge is -2.27. The zero-order chi connectivity index (χ0) is 18.2. The highest BCUT2D eigenvalue weighted by Crippen LogP contribution is 2.37. The van der Waals surface area contributed by atoms with Crippen molar-refractivity contribution >= 4 is 11.6 Å². The number of hydrogen-bond donors (Lipinski definition) is 1. The van der Waals surface area contributed by atoms with Gasteiger partial charge in [0, 0.05) is 23.4 Å². The number of fused-ring (bicyclic) bond motifs is 2. The molecule has 0 bridgehead atoms. The van der Waals surface area contributed by atoms with Crippen LogP contribution in [-0.4, -0.2) is 17.6 Å². The summed E-state index contributed by atoms with van der Waals surface area (Å²) in [5.41, 5.74) is 3.71. The van der Waals surface area contributed by atoms with Crippen molar-refractivity contribution < 1.29 is 14.3 Å². The third-order valence-corrected chi connectivity index (χ3v) is 4.93. The van der Waals surface area contributed by atoms with Crippen LogP contribution >= 0.6 is 0 Å². The van der Waals surface area contributed by atoms with Gasteiger partial charge in [0.05, 0.1) is 0 Å². The van der Waals surface area contributed by atoms with Crippen LogP contribution in [0, 0.1) is 0 Å². The molecular weight excluding hydrogens is 340 g/mol. The maximum atomic E-state index is 13.1. The summed E-state index contributed by atoms with van der Waals surface area (Å²) in [6, 6.07) is 23.5. The van der Waals surface area contributed by atoms with Crippen LogP contribution in [0.25, 0.3) is 0 Å². The Bertz CT molecular complexity index is 1000. The van der Waals surface area contributed by atoms with Crippen molar-refractivity contribution in [2.75, 3.05) is 12.1 Å². The second-order valence-electron chi connectivity index (χ2n) is 6.62. The van der Waals surface area contributed by atoms with Gasteiger partial charge in [0.1, 0.15) is 6.17 Å². The lowest BCUT2D eigenvalue weighted by Crippen LogP contribution is -2.31. The van der Waals surface area contributed by atoms with Gasteiger partial charge in [-0.25, -0.2) is 0 Å². The van der Waals surface area contributed by atoms with Gasteiger partial charge in [0.2, 0.25) is 6.79 Å². The molecule has 3 aromatic rings. The van der Waals surface area contributed by atoms with Gasteiger partial charge < -0.3 is 19.7 Å². The standard InChI is InChI=1S/C22H18N2O3/c25-22-18-9-5-4-8-17(18)21(23-16-6-2-1-3-7-16)24(22)13-15-10-11-19-20(12-15)27-14-26-19/h1-12,21,23H,13-14H2/t21-/m1/s1. The van der Waals surface area contributed by atoms with E-state index < -0.39 is 0 Å². The molecule has 5 nitrogen and oxygen atoms in total. The Morgan fingerprint density at radius 2 is 1.70 bits per heavy atom. The molecule has 2 aliphatic heterocycles. The summed E-state index contributed by atoms with van der Waals surface area (Å²) in [6.45, 7) is 0.722. The molecule has 0 unspecified atom stereocenters. The Labute approximate surface area is 157 Å². The van der Waals surface area contributed by atoms with E-state index in [2.05, 4.69) is 5.32 Å². The number of nitrogens with one attached hydrogen (secondary N) is 1. The number of ether oxygens (including phenoxy) is 2. The molecule has 2 heterocycles. The van der Waals surface area contributed by atoms with Crippen LogP contribution in [0.15, 0.2) is 72.8 Å². The van der Waals surface area contributed by atoms with Crippen molar-refractivity contribution in [2.45, 2.75) is 12.7 Å². The van der Waals surface area contributed by atoms with E-state index in [1.165, 1.54) is 0 Å². The first-order chi connectivity index (χ1) is 13.3. The third-order valence-electron chi connectivity index (χ3n) is 4.93. The summed E-state index contributed by atoms with van der Waals surface area (Å²) in [7, 11) is 0. The molecule has 0 aromatic heterocycles. The van der Waals surface area contributed by atoms with E-state index in [9.17, 15) is 4.79 Å². The Morgan fingerprint density at radius 3 is 2.59 bits per heavy atom. The molecule has 1 N–H and O–H groups in total. The summed E-state index contributed by atoms with van der Waals surface area (Å²) in [5.74, 6) is 1.50. The molecule has 0 aliphatic carbocycles. The van der Waals surface area contributed by atoms with Crippen LogP contribution in [0.5, 0.6) is 11.5 Å². The van der Waals surface area contributed by atoms with Crippen LogP contribution in [0.1, 0.15) is 27.7 Å². The van der Waals surface area contributed by atoms with Crippen molar-refractivity contribution in [1.29, 1.82) is 0 Å². The van der Waals surface area contributed by atoms with E-state index in [1.54, 1.807) is 0 Å². The Morgan fingerprint density at radius 1 is 0.926 bits per heavy atom. The van der Waals surface area contributed by atoms with Crippen LogP contribution < -0.4 is 14.8 Å². The maximum Gasteiger partial charge on any atom is 0.256 e. The van der Waals surface area contributed by atoms with Gasteiger partial charge in [-0.15, -0.1) is 0 Å². The predicted octanol–water partition coefficient (Wildman–Crippen LogP) is 4.18. The van der Waals surface area contributed by atoms with Crippen LogP contribution in [-0.2, 0) is 6.54 Å². The molecule has 0 radical (unpaired) electrons. The summed E-state index contributed by atoms with van der Waals surface area (Å²) >= 11 is 0. The first kappa shape index (κ1) is 15.8. The zero-order valence-electron chi connectivity index (χ0n) is 14.6. The number of rotatable bonds is 4. The number of benzene rings is 3. The second kappa shape index (κ2) is 6.36. The van der Waals surface area contributed by atoms with E-state index in [0.29, 0.717) is 6.54 Å². The molecular formula is C22H18N2O3. The number of amides is 1. The van der Waals surface area contributed by atoms with Gasteiger partial charge in [-0.05, 0) is 35.9 Å². The summed E-state index contributed by atoms with van der Waals surface area (Å²) in [6.07, 6.45) is -0.221. The van der Waals surface area contributed by atoms with Crippen LogP contribution in [0.4, 0.5) is 5.69 Å². The van der Waals surface area contributed by atoms with Crippen LogP contribution in [0.2, 0.25) is 0 Å². The van der Waals surface area contributed by atoms with E-state index in [-0.39, 0.29) is 18.9 Å². The highest BCUT2D eigenvalue weighted by molar-refractivity contribution is 5.99. The van der Waals surface area contributed by atoms with Gasteiger partial charge in [0.25, 0.3) is 5.91 Å². The average molecular weight is 358 g/mol. The maximum absolute atomic E-state index is 13.1. The molecule has 0 saturated carbocycles. The van der Waals surface area contributed by atoms with Crippen molar-refractivity contribution in [3.8, 4) is 11.5 Å². The number of carbonyl (C=O) groups excluding carboxylic acids is 1. The van der Waals surface area contributed by atoms with Gasteiger partial charge in [-0.3, -0.25) is 4.79 Å². The molecule has 0 saturated heterocycles. The number of hydrogen-bond acceptors (Lipinski definition) is 4. The van der Waals surface area contributed by atoms with E-state index in [4.69, 9.17) is 9.47 Å². The largest absolute Gasteiger partial charge is 0.454 e. The minimum atomic E-state index is -0.221. The van der Waals surface area contributed by atoms with Crippen molar-refractivity contribution in [3.63, 3.8) is 0 Å². The molecule has 1 amide bonds. The summed E-state index contributed by atoms with van der Waals surface area (Å²) < 4.78 is 10.9. The lowest BCUT2D eigenvalue weighted by molar-refractivity contribution is 0.0728. The molecule has 3 aromatic carbocycles. The molecule has 27 heavy (non-hydrogen) atoms. The highest BCUT2D eigenvalue weighted by Gasteiger charge is 2.36. The van der Waals surface area contributed by atoms with Gasteiger partial charge in [-0.1, -0.05) is 42.5 Å². The summed E-state index contributed by atoms with van der Waals surface area (Å²) in [5, 5.41) is 3.50. The second-order valence-corrected chi connectivity index (χ2v) is 6.62. The van der Waals surface area contributed by atoms with Crippen molar-refractivity contribution in [2.24, 2.45) is 0 Å². The molecule has 0 spiro atoms. The smallest absolute Gasteiger partial charge is 0.256 e. The van der Waals surface area contributed by atoms with Crippen LogP contribution in [0.3, 0.4) is 0 Å². The molecule has 134 valence electrons. The monoisotopic (exact) mass is 358 g/mol. The quantitative estimate of drug-likeness (QED) is 0.760.